The molecule has 1 N–H and O–H groups in total. The van der Waals surface area contributed by atoms with Crippen LogP contribution in [0, 0.1) is 0 Å². The summed E-state index contributed by atoms with van der Waals surface area (Å²) in [5.74, 6) is 0. The van der Waals surface area contributed by atoms with E-state index >= 15 is 0 Å². The zero-order valence-corrected chi connectivity index (χ0v) is 13.8. The number of halogens is 1. The molecule has 112 valence electrons. The van der Waals surface area contributed by atoms with Gasteiger partial charge in [0, 0.05) is 30.0 Å². The lowest BCUT2D eigenvalue weighted by atomic mass is 10.2. The van der Waals surface area contributed by atoms with Crippen molar-refractivity contribution in [2.75, 3.05) is 31.5 Å². The number of hydrogen-bond acceptors (Lipinski definition) is 4. The smallest absolute Gasteiger partial charge is 0.112 e. The molecule has 21 heavy (non-hydrogen) atoms. The van der Waals surface area contributed by atoms with E-state index in [0.717, 1.165) is 34.3 Å². The molecule has 1 fully saturated rings. The lowest BCUT2D eigenvalue weighted by molar-refractivity contribution is 0.296. The largest absolute Gasteiger partial charge is 0.382 e. The molecule has 1 saturated heterocycles. The van der Waals surface area contributed by atoms with Crippen LogP contribution in [0.4, 0.5) is 5.69 Å². The van der Waals surface area contributed by atoms with E-state index in [2.05, 4.69) is 36.1 Å². The average Bonchev–Trinajstić information content (AvgIpc) is 2.76. The lowest BCUT2D eigenvalue weighted by Crippen LogP contribution is -2.30. The molecule has 0 atom stereocenters. The van der Waals surface area contributed by atoms with Gasteiger partial charge in [-0.15, -0.1) is 0 Å². The van der Waals surface area contributed by atoms with Gasteiger partial charge < -0.3 is 10.2 Å². The quantitative estimate of drug-likeness (QED) is 0.914. The number of hydrogen-bond donors (Lipinski definition) is 1. The second-order valence-corrected chi connectivity index (χ2v) is 6.48. The number of pyridine rings is 2. The Morgan fingerprint density at radius 3 is 2.76 bits per heavy atom. The maximum absolute atomic E-state index is 4.48. The van der Waals surface area contributed by atoms with Gasteiger partial charge in [-0.3, -0.25) is 9.97 Å². The van der Waals surface area contributed by atoms with Crippen LogP contribution in [-0.4, -0.2) is 41.0 Å². The first-order valence-corrected chi connectivity index (χ1v) is 8.49. The summed E-state index contributed by atoms with van der Waals surface area (Å²) in [6.45, 7) is 4.53. The van der Waals surface area contributed by atoms with Crippen LogP contribution < -0.4 is 5.32 Å². The van der Waals surface area contributed by atoms with E-state index in [1.54, 1.807) is 0 Å². The van der Waals surface area contributed by atoms with Gasteiger partial charge in [0.05, 0.1) is 11.2 Å². The van der Waals surface area contributed by atoms with Crippen molar-refractivity contribution in [1.82, 2.24) is 14.9 Å². The summed E-state index contributed by atoms with van der Waals surface area (Å²) in [7, 11) is 0. The third-order valence-corrected chi connectivity index (χ3v) is 4.42. The summed E-state index contributed by atoms with van der Waals surface area (Å²) in [5, 5.41) is 3.52. The predicted octanol–water partition coefficient (Wildman–Crippen LogP) is 3.68. The summed E-state index contributed by atoms with van der Waals surface area (Å²) in [6, 6.07) is 4.01. The second kappa shape index (κ2) is 7.18. The van der Waals surface area contributed by atoms with E-state index in [1.807, 2.05) is 24.5 Å². The summed E-state index contributed by atoms with van der Waals surface area (Å²) < 4.78 is 0.962. The normalized spacial score (nSPS) is 16.8. The van der Waals surface area contributed by atoms with Crippen LogP contribution in [0.5, 0.6) is 0 Å². The highest BCUT2D eigenvalue weighted by atomic mass is 79.9. The molecule has 5 heteroatoms. The van der Waals surface area contributed by atoms with Gasteiger partial charge in [-0.1, -0.05) is 12.8 Å². The van der Waals surface area contributed by atoms with Crippen LogP contribution in [0.25, 0.3) is 11.0 Å². The van der Waals surface area contributed by atoms with Crippen LogP contribution in [0.3, 0.4) is 0 Å². The van der Waals surface area contributed by atoms with Crippen molar-refractivity contribution in [3.05, 3.63) is 29.0 Å². The van der Waals surface area contributed by atoms with Crippen LogP contribution in [-0.2, 0) is 0 Å². The Morgan fingerprint density at radius 1 is 1.14 bits per heavy atom. The summed E-state index contributed by atoms with van der Waals surface area (Å²) >= 11 is 3.44. The first-order chi connectivity index (χ1) is 10.3. The number of likely N-dealkylation sites (tertiary alicyclic amines) is 1. The topological polar surface area (TPSA) is 41.1 Å². The third kappa shape index (κ3) is 3.92. The van der Waals surface area contributed by atoms with E-state index in [4.69, 9.17) is 0 Å². The van der Waals surface area contributed by atoms with Gasteiger partial charge >= 0.3 is 0 Å². The molecule has 0 unspecified atom stereocenters. The molecule has 0 bridgehead atoms. The zero-order valence-electron chi connectivity index (χ0n) is 12.2. The highest BCUT2D eigenvalue weighted by Gasteiger charge is 2.09. The Balaban J connectivity index is 1.62. The molecule has 3 rings (SSSR count). The molecule has 0 aromatic carbocycles. The Hall–Kier alpha value is -1.20. The van der Waals surface area contributed by atoms with E-state index in [1.165, 1.54) is 38.8 Å². The number of fused-ring (bicyclic) bond motifs is 1. The zero-order chi connectivity index (χ0) is 14.5. The number of rotatable bonds is 4. The maximum Gasteiger partial charge on any atom is 0.112 e. The van der Waals surface area contributed by atoms with Gasteiger partial charge in [-0.25, -0.2) is 0 Å². The van der Waals surface area contributed by atoms with E-state index in [-0.39, 0.29) is 0 Å². The first-order valence-electron chi connectivity index (χ1n) is 7.69. The molecule has 0 saturated carbocycles. The molecule has 4 nitrogen and oxygen atoms in total. The predicted molar refractivity (Wildman–Crippen MR) is 90.6 cm³/mol. The fraction of sp³-hybridized carbons (Fsp3) is 0.500. The molecule has 2 aromatic rings. The molecule has 0 amide bonds. The summed E-state index contributed by atoms with van der Waals surface area (Å²) in [4.78, 5) is 11.4. The van der Waals surface area contributed by atoms with E-state index in [0.29, 0.717) is 0 Å². The molecule has 0 radical (unpaired) electrons. The Kier molecular flexibility index (Phi) is 5.04. The van der Waals surface area contributed by atoms with Crippen LogP contribution in [0.2, 0.25) is 0 Å². The minimum Gasteiger partial charge on any atom is -0.382 e. The van der Waals surface area contributed by atoms with Gasteiger partial charge in [0.15, 0.2) is 0 Å². The maximum atomic E-state index is 4.48. The monoisotopic (exact) mass is 348 g/mol. The molecule has 0 spiro atoms. The second-order valence-electron chi connectivity index (χ2n) is 5.56. The van der Waals surface area contributed by atoms with Gasteiger partial charge in [-0.05, 0) is 54.0 Å². The Labute approximate surface area is 134 Å². The molecular weight excluding hydrogens is 328 g/mol. The van der Waals surface area contributed by atoms with Crippen molar-refractivity contribution >= 4 is 32.7 Å². The van der Waals surface area contributed by atoms with Crippen LogP contribution >= 0.6 is 15.9 Å². The number of aromatic nitrogens is 2. The number of nitrogens with zero attached hydrogens (tertiary/aromatic N) is 3. The Bertz CT molecular complexity index is 594. The third-order valence-electron chi connectivity index (χ3n) is 3.99. The molecular formula is C16H21BrN4. The fourth-order valence-electron chi connectivity index (χ4n) is 2.86. The SMILES string of the molecule is Brc1cnc2c(NCCN3CCCCCC3)ccnc2c1. The lowest BCUT2D eigenvalue weighted by Gasteiger charge is -2.20. The van der Waals surface area contributed by atoms with Gasteiger partial charge in [0.2, 0.25) is 0 Å². The van der Waals surface area contributed by atoms with E-state index < -0.39 is 0 Å². The molecule has 3 heterocycles. The fourth-order valence-corrected chi connectivity index (χ4v) is 3.18. The Morgan fingerprint density at radius 2 is 1.95 bits per heavy atom. The van der Waals surface area contributed by atoms with E-state index in [9.17, 15) is 0 Å². The number of anilines is 1. The van der Waals surface area contributed by atoms with Crippen LogP contribution in [0.1, 0.15) is 25.7 Å². The number of nitrogens with one attached hydrogen (secondary N) is 1. The van der Waals surface area contributed by atoms with Crippen molar-refractivity contribution in [3.63, 3.8) is 0 Å². The molecule has 0 aliphatic carbocycles. The molecule has 1 aliphatic rings. The summed E-state index contributed by atoms with van der Waals surface area (Å²) in [6.07, 6.45) is 9.12. The molecule has 1 aliphatic heterocycles. The van der Waals surface area contributed by atoms with Gasteiger partial charge in [0.25, 0.3) is 0 Å². The van der Waals surface area contributed by atoms with Crippen molar-refractivity contribution in [2.45, 2.75) is 25.7 Å². The minimum atomic E-state index is 0.921. The van der Waals surface area contributed by atoms with Gasteiger partial charge in [0.1, 0.15) is 5.52 Å². The van der Waals surface area contributed by atoms with Gasteiger partial charge in [-0.2, -0.15) is 0 Å². The average molecular weight is 349 g/mol. The highest BCUT2D eigenvalue weighted by Crippen LogP contribution is 2.21. The van der Waals surface area contributed by atoms with Crippen molar-refractivity contribution in [1.29, 1.82) is 0 Å². The standard InChI is InChI=1S/C16H21BrN4/c17-13-11-15-16(20-12-13)14(5-6-18-15)19-7-10-21-8-3-1-2-4-9-21/h5-6,11-12H,1-4,7-10H2,(H,18,19). The van der Waals surface area contributed by atoms with Crippen molar-refractivity contribution in [3.8, 4) is 0 Å². The highest BCUT2D eigenvalue weighted by molar-refractivity contribution is 9.10. The first kappa shape index (κ1) is 14.7. The van der Waals surface area contributed by atoms with Crippen molar-refractivity contribution in [2.24, 2.45) is 0 Å². The van der Waals surface area contributed by atoms with Crippen LogP contribution in [0.15, 0.2) is 29.0 Å². The summed E-state index contributed by atoms with van der Waals surface area (Å²) in [5.41, 5.74) is 2.93. The van der Waals surface area contributed by atoms with Crippen molar-refractivity contribution < 1.29 is 0 Å². The molecule has 2 aromatic heterocycles. The minimum absolute atomic E-state index is 0.921.